The van der Waals surface area contributed by atoms with Gasteiger partial charge >= 0.3 is 0 Å². The molecule has 1 atom stereocenters. The maximum Gasteiger partial charge on any atom is 0.274 e. The van der Waals surface area contributed by atoms with Crippen LogP contribution in [0.4, 0.5) is 0 Å². The van der Waals surface area contributed by atoms with Crippen molar-refractivity contribution in [3.63, 3.8) is 0 Å². The summed E-state index contributed by atoms with van der Waals surface area (Å²) in [5, 5.41) is 20.6. The number of carbonyl (C=O) groups is 1. The molecule has 2 rings (SSSR count). The number of aromatic nitrogens is 3. The van der Waals surface area contributed by atoms with E-state index in [1.165, 1.54) is 4.80 Å². The normalized spacial score (nSPS) is 12.2. The molecule has 1 aromatic carbocycles. The van der Waals surface area contributed by atoms with Gasteiger partial charge in [0.05, 0.1) is 12.3 Å². The molecule has 6 nitrogen and oxygen atoms in total. The minimum atomic E-state index is -0.324. The molecule has 0 radical (unpaired) electrons. The SMILES string of the molecule is CC[C@H](C)NC(=O)c1nn(-c2ccc(C)cc2)nc1CO. The van der Waals surface area contributed by atoms with Crippen LogP contribution in [0.2, 0.25) is 0 Å². The van der Waals surface area contributed by atoms with Crippen molar-refractivity contribution in [1.29, 1.82) is 0 Å². The van der Waals surface area contributed by atoms with Crippen LogP contribution in [0.15, 0.2) is 24.3 Å². The van der Waals surface area contributed by atoms with Gasteiger partial charge in [0, 0.05) is 6.04 Å². The van der Waals surface area contributed by atoms with Gasteiger partial charge in [-0.05, 0) is 32.4 Å². The van der Waals surface area contributed by atoms with Crippen LogP contribution in [0.5, 0.6) is 0 Å². The smallest absolute Gasteiger partial charge is 0.274 e. The first-order valence-corrected chi connectivity index (χ1v) is 7.00. The summed E-state index contributed by atoms with van der Waals surface area (Å²) in [5.41, 5.74) is 2.32. The molecule has 0 aliphatic carbocycles. The summed E-state index contributed by atoms with van der Waals surface area (Å²) < 4.78 is 0. The molecule has 0 unspecified atom stereocenters. The van der Waals surface area contributed by atoms with Crippen molar-refractivity contribution in [2.24, 2.45) is 0 Å². The minimum Gasteiger partial charge on any atom is -0.390 e. The van der Waals surface area contributed by atoms with E-state index in [2.05, 4.69) is 15.5 Å². The largest absolute Gasteiger partial charge is 0.390 e. The number of nitrogens with zero attached hydrogens (tertiary/aromatic N) is 3. The van der Waals surface area contributed by atoms with E-state index in [-0.39, 0.29) is 29.9 Å². The highest BCUT2D eigenvalue weighted by Gasteiger charge is 2.19. The average molecular weight is 288 g/mol. The van der Waals surface area contributed by atoms with Crippen molar-refractivity contribution < 1.29 is 9.90 Å². The minimum absolute atomic E-state index is 0.0496. The summed E-state index contributed by atoms with van der Waals surface area (Å²) in [5.74, 6) is -0.313. The lowest BCUT2D eigenvalue weighted by Crippen LogP contribution is -2.32. The van der Waals surface area contributed by atoms with Crippen molar-refractivity contribution in [3.8, 4) is 5.69 Å². The van der Waals surface area contributed by atoms with Crippen LogP contribution in [0.1, 0.15) is 42.0 Å². The number of rotatable bonds is 5. The molecule has 112 valence electrons. The Balaban J connectivity index is 2.31. The molecule has 2 N–H and O–H groups in total. The van der Waals surface area contributed by atoms with Gasteiger partial charge in [0.1, 0.15) is 5.69 Å². The molecule has 0 bridgehead atoms. The molecule has 0 aliphatic heterocycles. The Morgan fingerprint density at radius 1 is 1.33 bits per heavy atom. The van der Waals surface area contributed by atoms with Crippen molar-refractivity contribution in [1.82, 2.24) is 20.3 Å². The number of hydrogen-bond donors (Lipinski definition) is 2. The zero-order valence-corrected chi connectivity index (χ0v) is 12.5. The van der Waals surface area contributed by atoms with Crippen LogP contribution >= 0.6 is 0 Å². The Morgan fingerprint density at radius 3 is 2.57 bits per heavy atom. The zero-order valence-electron chi connectivity index (χ0n) is 12.5. The van der Waals surface area contributed by atoms with E-state index in [1.807, 2.05) is 45.0 Å². The quantitative estimate of drug-likeness (QED) is 0.875. The molecule has 2 aromatic rings. The second kappa shape index (κ2) is 6.49. The van der Waals surface area contributed by atoms with E-state index >= 15 is 0 Å². The van der Waals surface area contributed by atoms with Crippen molar-refractivity contribution >= 4 is 5.91 Å². The van der Waals surface area contributed by atoms with Crippen LogP contribution in [-0.4, -0.2) is 32.0 Å². The monoisotopic (exact) mass is 288 g/mol. The van der Waals surface area contributed by atoms with Gasteiger partial charge < -0.3 is 10.4 Å². The van der Waals surface area contributed by atoms with Gasteiger partial charge in [0.15, 0.2) is 5.69 Å². The van der Waals surface area contributed by atoms with E-state index in [0.717, 1.165) is 17.7 Å². The number of hydrogen-bond acceptors (Lipinski definition) is 4. The average Bonchev–Trinajstić information content (AvgIpc) is 2.92. The maximum absolute atomic E-state index is 12.2. The number of benzene rings is 1. The molecule has 1 amide bonds. The molecular weight excluding hydrogens is 268 g/mol. The Kier molecular flexibility index (Phi) is 4.70. The summed E-state index contributed by atoms with van der Waals surface area (Å²) in [6, 6.07) is 7.67. The fourth-order valence-electron chi connectivity index (χ4n) is 1.81. The predicted octanol–water partition coefficient (Wildman–Crippen LogP) is 1.60. The number of aliphatic hydroxyl groups is 1. The Labute approximate surface area is 123 Å². The highest BCUT2D eigenvalue weighted by Crippen LogP contribution is 2.11. The maximum atomic E-state index is 12.2. The van der Waals surface area contributed by atoms with Crippen LogP contribution in [0, 0.1) is 6.92 Å². The standard InChI is InChI=1S/C15H20N4O2/c1-4-11(3)16-15(21)14-13(9-20)17-19(18-14)12-7-5-10(2)6-8-12/h5-8,11,20H,4,9H2,1-3H3,(H,16,21)/t11-/m0/s1. The molecule has 0 saturated heterocycles. The van der Waals surface area contributed by atoms with Crippen LogP contribution in [0.25, 0.3) is 5.69 Å². The second-order valence-corrected chi connectivity index (χ2v) is 5.06. The number of carbonyl (C=O) groups excluding carboxylic acids is 1. The van der Waals surface area contributed by atoms with E-state index in [0.29, 0.717) is 0 Å². The van der Waals surface area contributed by atoms with Gasteiger partial charge in [0.25, 0.3) is 5.91 Å². The van der Waals surface area contributed by atoms with Crippen LogP contribution in [0.3, 0.4) is 0 Å². The van der Waals surface area contributed by atoms with Crippen molar-refractivity contribution in [3.05, 3.63) is 41.2 Å². The fraction of sp³-hybridized carbons (Fsp3) is 0.400. The van der Waals surface area contributed by atoms with E-state index in [1.54, 1.807) is 0 Å². The second-order valence-electron chi connectivity index (χ2n) is 5.06. The molecule has 1 heterocycles. The summed E-state index contributed by atoms with van der Waals surface area (Å²) >= 11 is 0. The number of aliphatic hydroxyl groups excluding tert-OH is 1. The van der Waals surface area contributed by atoms with Gasteiger partial charge in [0.2, 0.25) is 0 Å². The highest BCUT2D eigenvalue weighted by molar-refractivity contribution is 5.93. The van der Waals surface area contributed by atoms with Gasteiger partial charge in [-0.15, -0.1) is 10.2 Å². The van der Waals surface area contributed by atoms with E-state index in [9.17, 15) is 9.90 Å². The Morgan fingerprint density at radius 2 is 2.00 bits per heavy atom. The molecule has 0 fully saturated rings. The lowest BCUT2D eigenvalue weighted by atomic mass is 10.2. The third kappa shape index (κ3) is 3.46. The lowest BCUT2D eigenvalue weighted by Gasteiger charge is -2.09. The topological polar surface area (TPSA) is 80.0 Å². The zero-order chi connectivity index (χ0) is 15.4. The van der Waals surface area contributed by atoms with Gasteiger partial charge in [-0.2, -0.15) is 4.80 Å². The number of aryl methyl sites for hydroxylation is 1. The number of amides is 1. The predicted molar refractivity (Wildman–Crippen MR) is 79.2 cm³/mol. The summed E-state index contributed by atoms with van der Waals surface area (Å²) in [7, 11) is 0. The van der Waals surface area contributed by atoms with Gasteiger partial charge in [-0.3, -0.25) is 4.79 Å². The molecule has 0 spiro atoms. The Bertz CT molecular complexity index is 619. The summed E-state index contributed by atoms with van der Waals surface area (Å²) in [6.07, 6.45) is 0.826. The fourth-order valence-corrected chi connectivity index (χ4v) is 1.81. The lowest BCUT2D eigenvalue weighted by molar-refractivity contribution is 0.0930. The first-order valence-electron chi connectivity index (χ1n) is 7.00. The van der Waals surface area contributed by atoms with E-state index in [4.69, 9.17) is 0 Å². The third-order valence-electron chi connectivity index (χ3n) is 3.30. The van der Waals surface area contributed by atoms with E-state index < -0.39 is 0 Å². The number of nitrogens with one attached hydrogen (secondary N) is 1. The first-order chi connectivity index (χ1) is 10.0. The highest BCUT2D eigenvalue weighted by atomic mass is 16.3. The van der Waals surface area contributed by atoms with Gasteiger partial charge in [-0.1, -0.05) is 24.6 Å². The molecule has 6 heteroatoms. The first kappa shape index (κ1) is 15.2. The van der Waals surface area contributed by atoms with Crippen molar-refractivity contribution in [2.75, 3.05) is 0 Å². The summed E-state index contributed by atoms with van der Waals surface area (Å²) in [6.45, 7) is 5.57. The third-order valence-corrected chi connectivity index (χ3v) is 3.30. The van der Waals surface area contributed by atoms with Crippen LogP contribution in [-0.2, 0) is 6.61 Å². The molecule has 21 heavy (non-hydrogen) atoms. The molecular formula is C15H20N4O2. The van der Waals surface area contributed by atoms with Crippen LogP contribution < -0.4 is 5.32 Å². The molecule has 0 saturated carbocycles. The Hall–Kier alpha value is -2.21. The molecule has 0 aliphatic rings. The summed E-state index contributed by atoms with van der Waals surface area (Å²) in [4.78, 5) is 13.5. The van der Waals surface area contributed by atoms with Crippen molar-refractivity contribution in [2.45, 2.75) is 39.8 Å². The molecule has 1 aromatic heterocycles. The van der Waals surface area contributed by atoms with Gasteiger partial charge in [-0.25, -0.2) is 0 Å².